The molecule has 0 spiro atoms. The van der Waals surface area contributed by atoms with Crippen LogP contribution in [0.25, 0.3) is 0 Å². The third kappa shape index (κ3) is 114. The topological polar surface area (TPSA) is 220 Å². The number of aliphatic carboxylic acids is 2. The van der Waals surface area contributed by atoms with Crippen molar-refractivity contribution in [2.45, 2.75) is 631 Å². The molecule has 0 bridgehead atoms. The van der Waals surface area contributed by atoms with Gasteiger partial charge in [-0.3, -0.25) is 19.2 Å². The van der Waals surface area contributed by atoms with E-state index in [0.29, 0.717) is 43.0 Å². The van der Waals surface area contributed by atoms with Gasteiger partial charge in [-0.1, -0.05) is 405 Å². The number of ketones is 2. The third-order valence-corrected chi connectivity index (χ3v) is 24.8. The molecule has 6 unspecified atom stereocenters. The van der Waals surface area contributed by atoms with Gasteiger partial charge in [-0.25, -0.2) is 0 Å². The number of unbranched alkanes of at least 4 members (excludes halogenated alkanes) is 54. The summed E-state index contributed by atoms with van der Waals surface area (Å²) in [5, 5.41) is 37.1. The average Bonchev–Trinajstić information content (AvgIpc) is 0.965. The van der Waals surface area contributed by atoms with Crippen molar-refractivity contribution >= 4 is 35.4 Å². The van der Waals surface area contributed by atoms with Crippen LogP contribution in [0.4, 0.5) is 0 Å². The largest absolute Gasteiger partial charge is 0.481 e. The van der Waals surface area contributed by atoms with Crippen molar-refractivity contribution in [1.82, 2.24) is 0 Å². The first kappa shape index (κ1) is 129. The van der Waals surface area contributed by atoms with Crippen LogP contribution in [-0.4, -0.2) is 107 Å². The Morgan fingerprint density at radius 2 is 0.437 bits per heavy atom. The Kier molecular flexibility index (Phi) is 112. The molecular weight excluding hydrogens is 1570 g/mol. The van der Waals surface area contributed by atoms with E-state index in [1.54, 1.807) is 13.8 Å². The van der Waals surface area contributed by atoms with Gasteiger partial charge >= 0.3 is 23.9 Å². The summed E-state index contributed by atoms with van der Waals surface area (Å²) in [6, 6.07) is 0. The summed E-state index contributed by atoms with van der Waals surface area (Å²) in [7, 11) is 3.70. The van der Waals surface area contributed by atoms with E-state index < -0.39 is 11.9 Å². The van der Waals surface area contributed by atoms with Crippen molar-refractivity contribution in [2.75, 3.05) is 14.2 Å². The number of allylic oxidation sites excluding steroid dienone is 3. The van der Waals surface area contributed by atoms with Crippen molar-refractivity contribution in [3.63, 3.8) is 0 Å². The number of ether oxygens (including phenoxy) is 4. The Hall–Kier alpha value is -3.72. The molecule has 126 heavy (non-hydrogen) atoms. The zero-order valence-corrected chi connectivity index (χ0v) is 85.2. The van der Waals surface area contributed by atoms with Gasteiger partial charge in [-0.05, 0) is 181 Å². The quantitative estimate of drug-likeness (QED) is 0.0253. The van der Waals surface area contributed by atoms with E-state index in [1.807, 2.05) is 14.2 Å². The fourth-order valence-corrected chi connectivity index (χ4v) is 16.4. The first-order valence-electron chi connectivity index (χ1n) is 54.6. The molecule has 4 N–H and O–H groups in total. The van der Waals surface area contributed by atoms with Crippen molar-refractivity contribution in [1.29, 1.82) is 0 Å². The number of carboxylic acids is 2. The van der Waals surface area contributed by atoms with E-state index in [-0.39, 0.29) is 42.8 Å². The Morgan fingerprint density at radius 3 is 0.730 bits per heavy atom. The standard InChI is InChI=1S/C37H72O5.C37H68O5.C19H38O2.C19H36O2/c2*1-4-6-8-22-28-34(41-3)29-24-18-14-11-13-17-21-27-33-37(40)42-35(30-23-9-7-5-2)31-25-19-15-10-12-16-20-26-32-36(38)39;2*1-3-4-5-13-16-19(21)17-14-11-9-7-6-8-10-12-15-18(2)20/h34-35H,4-33H2,1-3H3,(H,38,39);18-19,24-25,34-35H,4-17,20-23,26-33H2,1-3H3,(H,38,39);19,21H,3-17H2,1-2H3;11,14,19,21H,3-10,12-13,15-17H2,1-2H3/b;24-18-,25-19-;;14-11-. The fraction of sp³-hybridized carbons (Fsp3) is 0.893. The lowest BCUT2D eigenvalue weighted by atomic mass is 10.0. The molecule has 0 saturated carbocycles. The maximum atomic E-state index is 12.6. The van der Waals surface area contributed by atoms with E-state index in [9.17, 15) is 39.0 Å². The van der Waals surface area contributed by atoms with E-state index in [2.05, 4.69) is 78.0 Å². The molecule has 0 aromatic rings. The summed E-state index contributed by atoms with van der Waals surface area (Å²) in [6.45, 7) is 16.7. The van der Waals surface area contributed by atoms with Gasteiger partial charge in [0.25, 0.3) is 0 Å². The lowest BCUT2D eigenvalue weighted by molar-refractivity contribution is -0.150. The molecule has 0 aliphatic heterocycles. The second kappa shape index (κ2) is 110. The zero-order chi connectivity index (χ0) is 93.4. The Balaban J connectivity index is -0.000000828. The molecule has 0 saturated heterocycles. The van der Waals surface area contributed by atoms with Crippen LogP contribution in [-0.2, 0) is 47.7 Å². The van der Waals surface area contributed by atoms with Gasteiger partial charge in [0.1, 0.15) is 23.8 Å². The van der Waals surface area contributed by atoms with Crippen molar-refractivity contribution in [3.8, 4) is 0 Å². The number of carboxylic acid groups (broad SMARTS) is 2. The minimum atomic E-state index is -0.697. The van der Waals surface area contributed by atoms with Crippen molar-refractivity contribution < 1.29 is 68.1 Å². The predicted octanol–water partition coefficient (Wildman–Crippen LogP) is 34.4. The minimum Gasteiger partial charge on any atom is -0.481 e. The number of esters is 2. The van der Waals surface area contributed by atoms with Crippen LogP contribution in [0, 0.1) is 0 Å². The molecule has 0 aliphatic carbocycles. The van der Waals surface area contributed by atoms with Gasteiger partial charge in [0.2, 0.25) is 0 Å². The van der Waals surface area contributed by atoms with Crippen LogP contribution in [0.1, 0.15) is 595 Å². The Labute approximate surface area is 781 Å². The molecule has 0 radical (unpaired) electrons. The van der Waals surface area contributed by atoms with E-state index >= 15 is 0 Å². The molecule has 14 nitrogen and oxygen atoms in total. The number of Topliss-reactive ketones (excluding diaryl/α,β-unsaturated/α-hetero) is 2. The van der Waals surface area contributed by atoms with Crippen LogP contribution in [0.15, 0.2) is 36.5 Å². The van der Waals surface area contributed by atoms with E-state index in [4.69, 9.17) is 29.2 Å². The lowest BCUT2D eigenvalue weighted by Gasteiger charge is -2.18. The molecule has 14 heteroatoms. The molecule has 0 amide bonds. The number of rotatable bonds is 97. The molecule has 0 aromatic heterocycles. The number of hydrogen-bond acceptors (Lipinski definition) is 12. The minimum absolute atomic E-state index is 0.00228. The van der Waals surface area contributed by atoms with Crippen molar-refractivity contribution in [2.24, 2.45) is 0 Å². The SMILES string of the molecule is CCCCCCC(C/C=C\CCCCCCCC(=O)OC(C/C=C\CCCCCCCC(=O)O)CCCCCC)OC.CCCCCCC(CCCCCCCCCCC(=O)OC(CCCCCC)CCCCCCCCCCC(=O)O)OC.CCCCCCC(O)C/C=C\CCCCCCCC(C)=O.CCCCCCC(O)CCCCCCCCCCC(C)=O. The third-order valence-electron chi connectivity index (χ3n) is 24.8. The second-order valence-corrected chi connectivity index (χ2v) is 37.7. The highest BCUT2D eigenvalue weighted by Gasteiger charge is 2.17. The summed E-state index contributed by atoms with van der Waals surface area (Å²) in [6.07, 6.45) is 108. The van der Waals surface area contributed by atoms with Gasteiger partial charge in [0, 0.05) is 59.2 Å². The summed E-state index contributed by atoms with van der Waals surface area (Å²) in [4.78, 5) is 67.8. The van der Waals surface area contributed by atoms with Crippen LogP contribution in [0.5, 0.6) is 0 Å². The Morgan fingerprint density at radius 1 is 0.222 bits per heavy atom. The highest BCUT2D eigenvalue weighted by atomic mass is 16.5. The molecular formula is C112H214O14. The molecule has 0 fully saturated rings. The van der Waals surface area contributed by atoms with Gasteiger partial charge in [0.15, 0.2) is 0 Å². The average molecular weight is 1780 g/mol. The monoisotopic (exact) mass is 1780 g/mol. The van der Waals surface area contributed by atoms with Crippen molar-refractivity contribution in [3.05, 3.63) is 36.5 Å². The molecule has 0 aliphatic rings. The van der Waals surface area contributed by atoms with Gasteiger partial charge < -0.3 is 49.0 Å². The number of hydrogen-bond donors (Lipinski definition) is 4. The highest BCUT2D eigenvalue weighted by Crippen LogP contribution is 2.24. The summed E-state index contributed by atoms with van der Waals surface area (Å²) >= 11 is 0. The van der Waals surface area contributed by atoms with Crippen LogP contribution < -0.4 is 0 Å². The fourth-order valence-electron chi connectivity index (χ4n) is 16.4. The molecule has 746 valence electrons. The lowest BCUT2D eigenvalue weighted by Crippen LogP contribution is -2.18. The first-order valence-corrected chi connectivity index (χ1v) is 54.6. The maximum absolute atomic E-state index is 12.6. The highest BCUT2D eigenvalue weighted by molar-refractivity contribution is 5.75. The van der Waals surface area contributed by atoms with Gasteiger partial charge in [-0.15, -0.1) is 0 Å². The van der Waals surface area contributed by atoms with Crippen LogP contribution >= 0.6 is 0 Å². The van der Waals surface area contributed by atoms with E-state index in [0.717, 1.165) is 205 Å². The van der Waals surface area contributed by atoms with E-state index in [1.165, 1.54) is 308 Å². The molecule has 6 atom stereocenters. The number of carbonyl (C=O) groups is 6. The number of aliphatic hydroxyl groups is 2. The second-order valence-electron chi connectivity index (χ2n) is 37.7. The zero-order valence-electron chi connectivity index (χ0n) is 85.2. The predicted molar refractivity (Wildman–Crippen MR) is 539 cm³/mol. The number of methoxy groups -OCH3 is 2. The van der Waals surface area contributed by atoms with Crippen LogP contribution in [0.2, 0.25) is 0 Å². The molecule has 0 aromatic carbocycles. The van der Waals surface area contributed by atoms with Gasteiger partial charge in [0.05, 0.1) is 24.4 Å². The molecule has 0 heterocycles. The summed E-state index contributed by atoms with van der Waals surface area (Å²) < 4.78 is 23.2. The van der Waals surface area contributed by atoms with Crippen LogP contribution in [0.3, 0.4) is 0 Å². The first-order chi connectivity index (χ1) is 61.4. The normalized spacial score (nSPS) is 12.9. The number of aliphatic hydroxyl groups excluding tert-OH is 2. The summed E-state index contributed by atoms with van der Waals surface area (Å²) in [5.74, 6) is -0.765. The summed E-state index contributed by atoms with van der Waals surface area (Å²) in [5.41, 5.74) is 0. The van der Waals surface area contributed by atoms with Gasteiger partial charge in [-0.2, -0.15) is 0 Å². The Bertz CT molecular complexity index is 2320. The molecule has 0 rings (SSSR count). The number of carbonyl (C=O) groups excluding carboxylic acids is 4. The smallest absolute Gasteiger partial charge is 0.306 e. The maximum Gasteiger partial charge on any atom is 0.306 e.